The number of hydrogen-bond acceptors (Lipinski definition) is 5. The number of thioether (sulfide) groups is 1. The SMILES string of the molecule is CSc1ccc(Oc2ccc(N)c(N)n2)cc1. The number of nitrogens with two attached hydrogens (primary N) is 2. The third-order valence-corrected chi connectivity index (χ3v) is 2.96. The van der Waals surface area contributed by atoms with Crippen molar-refractivity contribution in [3.8, 4) is 11.6 Å². The summed E-state index contributed by atoms with van der Waals surface area (Å²) in [5.41, 5.74) is 11.6. The lowest BCUT2D eigenvalue weighted by Gasteiger charge is -2.06. The number of anilines is 2. The molecule has 4 nitrogen and oxygen atoms in total. The number of hydrogen-bond donors (Lipinski definition) is 2. The molecule has 0 atom stereocenters. The normalized spacial score (nSPS) is 10.2. The molecule has 2 aromatic rings. The average molecular weight is 247 g/mol. The molecule has 0 unspecified atom stereocenters. The summed E-state index contributed by atoms with van der Waals surface area (Å²) in [5, 5.41) is 0. The van der Waals surface area contributed by atoms with Gasteiger partial charge in [-0.15, -0.1) is 11.8 Å². The summed E-state index contributed by atoms with van der Waals surface area (Å²) in [5.74, 6) is 1.44. The van der Waals surface area contributed by atoms with Crippen molar-refractivity contribution in [1.29, 1.82) is 0 Å². The van der Waals surface area contributed by atoms with Gasteiger partial charge in [0.2, 0.25) is 5.88 Å². The van der Waals surface area contributed by atoms with E-state index in [4.69, 9.17) is 16.2 Å². The van der Waals surface area contributed by atoms with Gasteiger partial charge in [-0.05, 0) is 36.6 Å². The molecule has 0 spiro atoms. The summed E-state index contributed by atoms with van der Waals surface area (Å²) in [6.07, 6.45) is 2.03. The Labute approximate surface area is 104 Å². The second kappa shape index (κ2) is 4.97. The molecule has 2 rings (SSSR count). The summed E-state index contributed by atoms with van der Waals surface area (Å²) in [7, 11) is 0. The van der Waals surface area contributed by atoms with Crippen molar-refractivity contribution in [2.24, 2.45) is 0 Å². The zero-order chi connectivity index (χ0) is 12.3. The third-order valence-electron chi connectivity index (χ3n) is 2.21. The maximum atomic E-state index is 5.60. The van der Waals surface area contributed by atoms with Crippen LogP contribution in [0, 0.1) is 0 Å². The van der Waals surface area contributed by atoms with Crippen LogP contribution in [-0.2, 0) is 0 Å². The molecule has 17 heavy (non-hydrogen) atoms. The van der Waals surface area contributed by atoms with Gasteiger partial charge >= 0.3 is 0 Å². The van der Waals surface area contributed by atoms with Crippen LogP contribution in [0.1, 0.15) is 0 Å². The van der Waals surface area contributed by atoms with E-state index in [0.717, 1.165) is 5.75 Å². The quantitative estimate of drug-likeness (QED) is 0.816. The van der Waals surface area contributed by atoms with Gasteiger partial charge in [0.05, 0.1) is 5.69 Å². The van der Waals surface area contributed by atoms with E-state index in [1.54, 1.807) is 23.9 Å². The molecular weight excluding hydrogens is 234 g/mol. The maximum absolute atomic E-state index is 5.60. The highest BCUT2D eigenvalue weighted by Crippen LogP contribution is 2.24. The highest BCUT2D eigenvalue weighted by molar-refractivity contribution is 7.98. The number of pyridine rings is 1. The van der Waals surface area contributed by atoms with E-state index in [-0.39, 0.29) is 5.82 Å². The van der Waals surface area contributed by atoms with Crippen molar-refractivity contribution in [1.82, 2.24) is 4.98 Å². The molecule has 1 aromatic heterocycles. The van der Waals surface area contributed by atoms with Gasteiger partial charge in [0, 0.05) is 11.0 Å². The van der Waals surface area contributed by atoms with E-state index < -0.39 is 0 Å². The van der Waals surface area contributed by atoms with Gasteiger partial charge in [0.15, 0.2) is 5.82 Å². The number of nitrogens with zero attached hydrogens (tertiary/aromatic N) is 1. The van der Waals surface area contributed by atoms with Crippen LogP contribution >= 0.6 is 11.8 Å². The first kappa shape index (κ1) is 11.6. The van der Waals surface area contributed by atoms with Gasteiger partial charge in [0.1, 0.15) is 5.75 Å². The van der Waals surface area contributed by atoms with E-state index in [1.807, 2.05) is 30.5 Å². The number of aromatic nitrogens is 1. The Bertz CT molecular complexity index is 514. The van der Waals surface area contributed by atoms with Gasteiger partial charge < -0.3 is 16.2 Å². The molecule has 0 saturated carbocycles. The minimum atomic E-state index is 0.281. The lowest BCUT2D eigenvalue weighted by Crippen LogP contribution is -1.98. The Morgan fingerprint density at radius 2 is 1.76 bits per heavy atom. The van der Waals surface area contributed by atoms with Crippen LogP contribution in [0.3, 0.4) is 0 Å². The van der Waals surface area contributed by atoms with E-state index in [0.29, 0.717) is 11.6 Å². The van der Waals surface area contributed by atoms with Crippen LogP contribution < -0.4 is 16.2 Å². The van der Waals surface area contributed by atoms with E-state index in [1.165, 1.54) is 4.90 Å². The Kier molecular flexibility index (Phi) is 3.39. The van der Waals surface area contributed by atoms with Gasteiger partial charge in [0.25, 0.3) is 0 Å². The monoisotopic (exact) mass is 247 g/mol. The molecule has 0 aliphatic carbocycles. The largest absolute Gasteiger partial charge is 0.439 e. The Morgan fingerprint density at radius 3 is 2.35 bits per heavy atom. The molecule has 0 aliphatic heterocycles. The fourth-order valence-corrected chi connectivity index (χ4v) is 1.70. The third kappa shape index (κ3) is 2.82. The van der Waals surface area contributed by atoms with E-state index in [9.17, 15) is 0 Å². The molecule has 88 valence electrons. The predicted octanol–water partition coefficient (Wildman–Crippen LogP) is 2.76. The summed E-state index contributed by atoms with van der Waals surface area (Å²) in [6, 6.07) is 11.1. The molecule has 0 fully saturated rings. The maximum Gasteiger partial charge on any atom is 0.221 e. The number of nitrogen functional groups attached to an aromatic ring is 2. The highest BCUT2D eigenvalue weighted by Gasteiger charge is 2.02. The smallest absolute Gasteiger partial charge is 0.221 e. The van der Waals surface area contributed by atoms with E-state index in [2.05, 4.69) is 4.98 Å². The molecule has 1 heterocycles. The zero-order valence-corrected chi connectivity index (χ0v) is 10.2. The molecule has 0 saturated heterocycles. The van der Waals surface area contributed by atoms with Gasteiger partial charge in [-0.25, -0.2) is 0 Å². The number of rotatable bonds is 3. The molecule has 0 aliphatic rings. The second-order valence-electron chi connectivity index (χ2n) is 3.40. The second-order valence-corrected chi connectivity index (χ2v) is 4.28. The van der Waals surface area contributed by atoms with Crippen LogP contribution in [-0.4, -0.2) is 11.2 Å². The molecule has 1 aromatic carbocycles. The zero-order valence-electron chi connectivity index (χ0n) is 9.38. The summed E-state index contributed by atoms with van der Waals surface area (Å²) < 4.78 is 5.56. The van der Waals surface area contributed by atoms with Crippen LogP contribution in [0.4, 0.5) is 11.5 Å². The fraction of sp³-hybridized carbons (Fsp3) is 0.0833. The highest BCUT2D eigenvalue weighted by atomic mass is 32.2. The topological polar surface area (TPSA) is 74.2 Å². The molecule has 0 radical (unpaired) electrons. The minimum absolute atomic E-state index is 0.281. The molecule has 0 amide bonds. The predicted molar refractivity (Wildman–Crippen MR) is 71.4 cm³/mol. The Hall–Kier alpha value is -1.88. The van der Waals surface area contributed by atoms with Crippen molar-refractivity contribution in [3.05, 3.63) is 36.4 Å². The lowest BCUT2D eigenvalue weighted by molar-refractivity contribution is 0.463. The Morgan fingerprint density at radius 1 is 1.06 bits per heavy atom. The van der Waals surface area contributed by atoms with Crippen molar-refractivity contribution in [2.75, 3.05) is 17.7 Å². The van der Waals surface area contributed by atoms with Crippen molar-refractivity contribution >= 4 is 23.3 Å². The van der Waals surface area contributed by atoms with Gasteiger partial charge in [-0.1, -0.05) is 0 Å². The van der Waals surface area contributed by atoms with E-state index >= 15 is 0 Å². The molecule has 4 N–H and O–H groups in total. The van der Waals surface area contributed by atoms with Crippen LogP contribution in [0.25, 0.3) is 0 Å². The standard InChI is InChI=1S/C12H13N3OS/c1-17-9-4-2-8(3-5-9)16-11-7-6-10(13)12(14)15-11/h2-7H,13H2,1H3,(H2,14,15). The van der Waals surface area contributed by atoms with Gasteiger partial charge in [-0.2, -0.15) is 4.98 Å². The minimum Gasteiger partial charge on any atom is -0.439 e. The van der Waals surface area contributed by atoms with Crippen molar-refractivity contribution in [3.63, 3.8) is 0 Å². The Balaban J connectivity index is 2.16. The van der Waals surface area contributed by atoms with Crippen LogP contribution in [0.15, 0.2) is 41.3 Å². The summed E-state index contributed by atoms with van der Waals surface area (Å²) >= 11 is 1.68. The summed E-state index contributed by atoms with van der Waals surface area (Å²) in [4.78, 5) is 5.22. The molecule has 5 heteroatoms. The molecule has 0 bridgehead atoms. The number of ether oxygens (including phenoxy) is 1. The molecular formula is C12H13N3OS. The first-order valence-electron chi connectivity index (χ1n) is 5.03. The van der Waals surface area contributed by atoms with Crippen molar-refractivity contribution in [2.45, 2.75) is 4.90 Å². The lowest BCUT2D eigenvalue weighted by atomic mass is 10.3. The fourth-order valence-electron chi connectivity index (χ4n) is 1.29. The number of benzene rings is 1. The first-order chi connectivity index (χ1) is 8.19. The summed E-state index contributed by atoms with van der Waals surface area (Å²) in [6.45, 7) is 0. The van der Waals surface area contributed by atoms with Crippen LogP contribution in [0.5, 0.6) is 11.6 Å². The first-order valence-corrected chi connectivity index (χ1v) is 6.25. The average Bonchev–Trinajstić information content (AvgIpc) is 2.35. The van der Waals surface area contributed by atoms with Crippen LogP contribution in [0.2, 0.25) is 0 Å². The van der Waals surface area contributed by atoms with Crippen molar-refractivity contribution < 1.29 is 4.74 Å². The van der Waals surface area contributed by atoms with Gasteiger partial charge in [-0.3, -0.25) is 0 Å².